The fraction of sp³-hybridized carbons (Fsp3) is 0.0714. The number of methoxy groups -OCH3 is 1. The van der Waals surface area contributed by atoms with Crippen LogP contribution in [0.2, 0.25) is 5.15 Å². The molecule has 19 heavy (non-hydrogen) atoms. The van der Waals surface area contributed by atoms with Crippen molar-refractivity contribution in [2.45, 2.75) is 0 Å². The Morgan fingerprint density at radius 2 is 2.05 bits per heavy atom. The number of rotatable bonds is 2. The van der Waals surface area contributed by atoms with Gasteiger partial charge in [0.2, 0.25) is 0 Å². The second kappa shape index (κ2) is 4.82. The van der Waals surface area contributed by atoms with Crippen molar-refractivity contribution in [3.63, 3.8) is 0 Å². The molecule has 5 heteroatoms. The van der Waals surface area contributed by atoms with Crippen LogP contribution in [0.5, 0.6) is 5.75 Å². The van der Waals surface area contributed by atoms with Gasteiger partial charge in [-0.3, -0.25) is 4.98 Å². The number of halogens is 1. The fourth-order valence-electron chi connectivity index (χ4n) is 2.04. The van der Waals surface area contributed by atoms with Gasteiger partial charge in [-0.05, 0) is 11.5 Å². The zero-order valence-electron chi connectivity index (χ0n) is 10.2. The van der Waals surface area contributed by atoms with Gasteiger partial charge in [0.05, 0.1) is 7.11 Å². The highest BCUT2D eigenvalue weighted by Gasteiger charge is 2.14. The fourth-order valence-corrected chi connectivity index (χ4v) is 2.26. The van der Waals surface area contributed by atoms with Gasteiger partial charge in [-0.15, -0.1) is 0 Å². The number of aromatic nitrogens is 3. The monoisotopic (exact) mass is 271 g/mol. The molecule has 1 aromatic carbocycles. The van der Waals surface area contributed by atoms with E-state index in [0.717, 1.165) is 16.3 Å². The lowest BCUT2D eigenvalue weighted by molar-refractivity contribution is 0.413. The minimum absolute atomic E-state index is 0.299. The van der Waals surface area contributed by atoms with E-state index in [1.54, 1.807) is 19.5 Å². The predicted octanol–water partition coefficient (Wildman–Crippen LogP) is 3.35. The van der Waals surface area contributed by atoms with Crippen LogP contribution in [0.4, 0.5) is 0 Å². The van der Waals surface area contributed by atoms with Gasteiger partial charge in [-0.25, -0.2) is 9.97 Å². The molecule has 0 fully saturated rings. The van der Waals surface area contributed by atoms with Crippen LogP contribution in [0.1, 0.15) is 0 Å². The molecule has 0 saturated carbocycles. The highest BCUT2D eigenvalue weighted by atomic mass is 35.5. The van der Waals surface area contributed by atoms with E-state index in [-0.39, 0.29) is 0 Å². The van der Waals surface area contributed by atoms with Crippen LogP contribution in [0, 0.1) is 0 Å². The van der Waals surface area contributed by atoms with Crippen molar-refractivity contribution in [2.75, 3.05) is 7.11 Å². The molecule has 0 atom stereocenters. The summed E-state index contributed by atoms with van der Waals surface area (Å²) in [5, 5.41) is 2.38. The summed E-state index contributed by atoms with van der Waals surface area (Å²) >= 11 is 6.04. The number of ether oxygens (including phenoxy) is 1. The summed E-state index contributed by atoms with van der Waals surface area (Å²) in [6, 6.07) is 7.90. The van der Waals surface area contributed by atoms with Gasteiger partial charge in [-0.1, -0.05) is 29.8 Å². The number of hydrogen-bond donors (Lipinski definition) is 0. The Balaban J connectivity index is 2.34. The average Bonchev–Trinajstić information content (AvgIpc) is 2.46. The van der Waals surface area contributed by atoms with E-state index in [9.17, 15) is 0 Å². The van der Waals surface area contributed by atoms with E-state index in [1.807, 2.05) is 24.3 Å². The molecule has 3 rings (SSSR count). The molecule has 0 N–H and O–H groups in total. The first-order valence-corrected chi connectivity index (χ1v) is 6.06. The molecular formula is C14H10ClN3O. The van der Waals surface area contributed by atoms with Crippen LogP contribution in [0.3, 0.4) is 0 Å². The summed E-state index contributed by atoms with van der Waals surface area (Å²) in [6.07, 6.45) is 4.99. The molecule has 2 heterocycles. The maximum Gasteiger partial charge on any atom is 0.182 e. The van der Waals surface area contributed by atoms with Crippen molar-refractivity contribution < 1.29 is 4.74 Å². The molecule has 0 aliphatic carbocycles. The Bertz CT molecular complexity index is 740. The second-order valence-corrected chi connectivity index (χ2v) is 4.31. The van der Waals surface area contributed by atoms with E-state index < -0.39 is 0 Å². The molecule has 94 valence electrons. The second-order valence-electron chi connectivity index (χ2n) is 3.95. The highest BCUT2D eigenvalue weighted by molar-refractivity contribution is 6.31. The Morgan fingerprint density at radius 1 is 1.16 bits per heavy atom. The predicted molar refractivity (Wildman–Crippen MR) is 74.3 cm³/mol. The van der Waals surface area contributed by atoms with Crippen LogP contribution >= 0.6 is 11.6 Å². The van der Waals surface area contributed by atoms with Crippen LogP contribution < -0.4 is 4.74 Å². The minimum atomic E-state index is 0.299. The third kappa shape index (κ3) is 2.00. The molecule has 0 spiro atoms. The molecular weight excluding hydrogens is 262 g/mol. The van der Waals surface area contributed by atoms with Crippen molar-refractivity contribution >= 4 is 22.4 Å². The van der Waals surface area contributed by atoms with Crippen molar-refractivity contribution in [3.8, 4) is 17.0 Å². The molecule has 0 unspecified atom stereocenters. The Labute approximate surface area is 115 Å². The smallest absolute Gasteiger partial charge is 0.182 e. The number of hydrogen-bond acceptors (Lipinski definition) is 4. The first kappa shape index (κ1) is 11.9. The van der Waals surface area contributed by atoms with Crippen molar-refractivity contribution in [3.05, 3.63) is 48.1 Å². The first-order chi connectivity index (χ1) is 9.31. The zero-order valence-corrected chi connectivity index (χ0v) is 10.9. The molecule has 2 aromatic heterocycles. The van der Waals surface area contributed by atoms with Gasteiger partial charge in [-0.2, -0.15) is 0 Å². The van der Waals surface area contributed by atoms with E-state index in [0.29, 0.717) is 16.6 Å². The summed E-state index contributed by atoms with van der Waals surface area (Å²) in [6.45, 7) is 0. The third-order valence-electron chi connectivity index (χ3n) is 2.90. The van der Waals surface area contributed by atoms with Gasteiger partial charge in [0.1, 0.15) is 12.0 Å². The standard InChI is InChI=1S/C14H10ClN3O/c1-19-13-12(17-8-18-14(13)15)10-4-2-3-9-5-6-16-7-11(9)10/h2-8H,1H3. The van der Waals surface area contributed by atoms with Crippen LogP contribution in [0.25, 0.3) is 22.0 Å². The molecule has 0 amide bonds. The first-order valence-electron chi connectivity index (χ1n) is 5.69. The lowest BCUT2D eigenvalue weighted by Crippen LogP contribution is -1.95. The number of pyridine rings is 1. The lowest BCUT2D eigenvalue weighted by Gasteiger charge is -2.10. The Hall–Kier alpha value is -2.20. The molecule has 4 nitrogen and oxygen atoms in total. The lowest BCUT2D eigenvalue weighted by atomic mass is 10.0. The third-order valence-corrected chi connectivity index (χ3v) is 3.17. The van der Waals surface area contributed by atoms with Crippen LogP contribution in [0.15, 0.2) is 43.0 Å². The molecule has 0 bridgehead atoms. The van der Waals surface area contributed by atoms with E-state index in [1.165, 1.54) is 6.33 Å². The quantitative estimate of drug-likeness (QED) is 0.671. The molecule has 0 saturated heterocycles. The van der Waals surface area contributed by atoms with Gasteiger partial charge < -0.3 is 4.74 Å². The molecule has 0 radical (unpaired) electrons. The summed E-state index contributed by atoms with van der Waals surface area (Å²) in [4.78, 5) is 12.4. The Kier molecular flexibility index (Phi) is 3.01. The van der Waals surface area contributed by atoms with Gasteiger partial charge in [0, 0.05) is 23.3 Å². The van der Waals surface area contributed by atoms with Crippen molar-refractivity contribution in [2.24, 2.45) is 0 Å². The normalized spacial score (nSPS) is 10.6. The minimum Gasteiger partial charge on any atom is -0.491 e. The summed E-state index contributed by atoms with van der Waals surface area (Å²) < 4.78 is 5.30. The number of fused-ring (bicyclic) bond motifs is 1. The SMILES string of the molecule is COc1c(Cl)ncnc1-c1cccc2ccncc12. The van der Waals surface area contributed by atoms with Gasteiger partial charge in [0.25, 0.3) is 0 Å². The van der Waals surface area contributed by atoms with Crippen LogP contribution in [-0.4, -0.2) is 22.1 Å². The van der Waals surface area contributed by atoms with Crippen LogP contribution in [-0.2, 0) is 0 Å². The van der Waals surface area contributed by atoms with Gasteiger partial charge >= 0.3 is 0 Å². The van der Waals surface area contributed by atoms with Gasteiger partial charge in [0.15, 0.2) is 10.9 Å². The van der Waals surface area contributed by atoms with E-state index in [2.05, 4.69) is 15.0 Å². The van der Waals surface area contributed by atoms with E-state index in [4.69, 9.17) is 16.3 Å². The largest absolute Gasteiger partial charge is 0.491 e. The maximum absolute atomic E-state index is 6.04. The topological polar surface area (TPSA) is 47.9 Å². The van der Waals surface area contributed by atoms with Crippen molar-refractivity contribution in [1.82, 2.24) is 15.0 Å². The summed E-state index contributed by atoms with van der Waals surface area (Å²) in [5.74, 6) is 0.473. The van der Waals surface area contributed by atoms with Crippen molar-refractivity contribution in [1.29, 1.82) is 0 Å². The summed E-state index contributed by atoms with van der Waals surface area (Å²) in [5.41, 5.74) is 1.59. The van der Waals surface area contributed by atoms with E-state index >= 15 is 0 Å². The number of nitrogens with zero attached hydrogens (tertiary/aromatic N) is 3. The molecule has 3 aromatic rings. The number of benzene rings is 1. The molecule has 0 aliphatic heterocycles. The highest BCUT2D eigenvalue weighted by Crippen LogP contribution is 2.35. The zero-order chi connectivity index (χ0) is 13.2. The summed E-state index contributed by atoms with van der Waals surface area (Å²) in [7, 11) is 1.55. The molecule has 0 aliphatic rings. The Morgan fingerprint density at radius 3 is 2.89 bits per heavy atom. The maximum atomic E-state index is 6.04. The average molecular weight is 272 g/mol.